The number of carboxylic acid groups (broad SMARTS) is 1. The Morgan fingerprint density at radius 1 is 1.23 bits per heavy atom. The molecular formula is C19H26N4O6S. The van der Waals surface area contributed by atoms with Crippen LogP contribution in [0.5, 0.6) is 5.75 Å². The Balaban J connectivity index is 1.88. The number of nitrogens with two attached hydrogens (primary N) is 1. The Morgan fingerprint density at radius 2 is 1.90 bits per heavy atom. The Bertz CT molecular complexity index is 788. The molecule has 3 amide bonds. The van der Waals surface area contributed by atoms with E-state index in [4.69, 9.17) is 5.73 Å². The number of benzene rings is 1. The molecule has 1 saturated heterocycles. The van der Waals surface area contributed by atoms with Gasteiger partial charge in [0.1, 0.15) is 17.8 Å². The first-order chi connectivity index (χ1) is 14.2. The molecule has 1 fully saturated rings. The van der Waals surface area contributed by atoms with Crippen LogP contribution in [0.25, 0.3) is 0 Å². The van der Waals surface area contributed by atoms with Crippen LogP contribution in [0.1, 0.15) is 18.4 Å². The van der Waals surface area contributed by atoms with Crippen LogP contribution in [-0.4, -0.2) is 75.8 Å². The number of thiol groups is 1. The number of hydrogen-bond acceptors (Lipinski definition) is 7. The molecule has 1 aromatic rings. The van der Waals surface area contributed by atoms with E-state index in [9.17, 15) is 29.4 Å². The minimum atomic E-state index is -1.23. The van der Waals surface area contributed by atoms with Crippen LogP contribution in [0.2, 0.25) is 0 Å². The van der Waals surface area contributed by atoms with Crippen molar-refractivity contribution in [3.8, 4) is 5.75 Å². The van der Waals surface area contributed by atoms with Crippen LogP contribution in [-0.2, 0) is 25.6 Å². The van der Waals surface area contributed by atoms with Gasteiger partial charge in [0.25, 0.3) is 0 Å². The zero-order valence-electron chi connectivity index (χ0n) is 16.3. The van der Waals surface area contributed by atoms with Crippen molar-refractivity contribution in [2.24, 2.45) is 5.73 Å². The van der Waals surface area contributed by atoms with Gasteiger partial charge in [-0.25, -0.2) is 4.79 Å². The number of phenols is 1. The predicted octanol–water partition coefficient (Wildman–Crippen LogP) is -1.13. The number of carbonyl (C=O) groups is 4. The van der Waals surface area contributed by atoms with Gasteiger partial charge in [-0.1, -0.05) is 12.1 Å². The van der Waals surface area contributed by atoms with Crippen LogP contribution in [0, 0.1) is 0 Å². The summed E-state index contributed by atoms with van der Waals surface area (Å²) in [6.07, 6.45) is 1.11. The van der Waals surface area contributed by atoms with Gasteiger partial charge < -0.3 is 31.5 Å². The maximum absolute atomic E-state index is 12.4. The lowest BCUT2D eigenvalue weighted by molar-refractivity contribution is -0.142. The number of hydrogen-bond donors (Lipinski definition) is 6. The van der Waals surface area contributed by atoms with Gasteiger partial charge in [0.2, 0.25) is 17.7 Å². The van der Waals surface area contributed by atoms with Crippen molar-refractivity contribution in [1.29, 1.82) is 0 Å². The zero-order chi connectivity index (χ0) is 22.3. The highest BCUT2D eigenvalue weighted by Gasteiger charge is 2.36. The van der Waals surface area contributed by atoms with E-state index in [0.29, 0.717) is 24.9 Å². The van der Waals surface area contributed by atoms with E-state index < -0.39 is 42.5 Å². The van der Waals surface area contributed by atoms with Crippen molar-refractivity contribution >= 4 is 36.3 Å². The van der Waals surface area contributed by atoms with Gasteiger partial charge in [-0.3, -0.25) is 14.4 Å². The number of aliphatic carboxylic acids is 1. The summed E-state index contributed by atoms with van der Waals surface area (Å²) in [5.74, 6) is -2.55. The number of amides is 3. The minimum Gasteiger partial charge on any atom is -0.508 e. The highest BCUT2D eigenvalue weighted by Crippen LogP contribution is 2.18. The average Bonchev–Trinajstić information content (AvgIpc) is 3.21. The topological polar surface area (TPSA) is 162 Å². The highest BCUT2D eigenvalue weighted by atomic mass is 32.1. The molecule has 1 aliphatic heterocycles. The lowest BCUT2D eigenvalue weighted by atomic mass is 10.1. The van der Waals surface area contributed by atoms with Gasteiger partial charge in [-0.2, -0.15) is 12.6 Å². The van der Waals surface area contributed by atoms with Crippen LogP contribution >= 0.6 is 12.6 Å². The molecule has 0 bridgehead atoms. The molecule has 0 radical (unpaired) electrons. The number of nitrogens with zero attached hydrogens (tertiary/aromatic N) is 1. The van der Waals surface area contributed by atoms with Gasteiger partial charge >= 0.3 is 5.97 Å². The van der Waals surface area contributed by atoms with Crippen LogP contribution in [0.15, 0.2) is 24.3 Å². The molecule has 1 heterocycles. The first kappa shape index (κ1) is 23.5. The molecule has 11 heteroatoms. The molecular weight excluding hydrogens is 412 g/mol. The molecule has 6 N–H and O–H groups in total. The van der Waals surface area contributed by atoms with Crippen LogP contribution in [0.4, 0.5) is 0 Å². The van der Waals surface area contributed by atoms with Crippen molar-refractivity contribution < 1.29 is 29.4 Å². The summed E-state index contributed by atoms with van der Waals surface area (Å²) in [5.41, 5.74) is 6.32. The lowest BCUT2D eigenvalue weighted by Gasteiger charge is -2.26. The third kappa shape index (κ3) is 6.36. The maximum atomic E-state index is 12.4. The molecule has 2 rings (SSSR count). The summed E-state index contributed by atoms with van der Waals surface area (Å²) < 4.78 is 0. The van der Waals surface area contributed by atoms with Gasteiger partial charge in [0, 0.05) is 18.7 Å². The third-order valence-electron chi connectivity index (χ3n) is 4.79. The second kappa shape index (κ2) is 10.8. The first-order valence-corrected chi connectivity index (χ1v) is 10.1. The highest BCUT2D eigenvalue weighted by molar-refractivity contribution is 7.80. The van der Waals surface area contributed by atoms with E-state index in [1.165, 1.54) is 17.0 Å². The molecule has 3 atom stereocenters. The molecule has 0 aliphatic carbocycles. The van der Waals surface area contributed by atoms with Crippen molar-refractivity contribution in [3.63, 3.8) is 0 Å². The largest absolute Gasteiger partial charge is 0.508 e. The summed E-state index contributed by atoms with van der Waals surface area (Å²) in [5, 5.41) is 23.5. The Morgan fingerprint density at radius 3 is 2.50 bits per heavy atom. The van der Waals surface area contributed by atoms with Crippen LogP contribution < -0.4 is 16.4 Å². The van der Waals surface area contributed by atoms with E-state index in [2.05, 4.69) is 23.3 Å². The molecule has 0 saturated carbocycles. The average molecular weight is 439 g/mol. The third-order valence-corrected chi connectivity index (χ3v) is 5.18. The number of rotatable bonds is 9. The summed E-state index contributed by atoms with van der Waals surface area (Å²) in [7, 11) is 0. The van der Waals surface area contributed by atoms with Gasteiger partial charge in [0.05, 0.1) is 12.6 Å². The maximum Gasteiger partial charge on any atom is 0.326 e. The summed E-state index contributed by atoms with van der Waals surface area (Å²) in [6, 6.07) is 3.23. The zero-order valence-corrected chi connectivity index (χ0v) is 17.2. The monoisotopic (exact) mass is 438 g/mol. The number of likely N-dealkylation sites (tertiary alicyclic amines) is 1. The Hall–Kier alpha value is -2.79. The van der Waals surface area contributed by atoms with E-state index in [-0.39, 0.29) is 23.8 Å². The van der Waals surface area contributed by atoms with Crippen molar-refractivity contribution in [3.05, 3.63) is 29.8 Å². The molecule has 3 unspecified atom stereocenters. The Kier molecular flexibility index (Phi) is 8.48. The van der Waals surface area contributed by atoms with Crippen molar-refractivity contribution in [2.75, 3.05) is 18.8 Å². The number of phenolic OH excluding ortho intramolecular Hbond substituents is 1. The van der Waals surface area contributed by atoms with E-state index >= 15 is 0 Å². The van der Waals surface area contributed by atoms with Crippen LogP contribution in [0.3, 0.4) is 0 Å². The fourth-order valence-electron chi connectivity index (χ4n) is 3.19. The molecule has 0 aromatic heterocycles. The molecule has 1 aromatic carbocycles. The Labute approximate surface area is 179 Å². The van der Waals surface area contributed by atoms with E-state index in [1.54, 1.807) is 12.1 Å². The predicted molar refractivity (Wildman–Crippen MR) is 111 cm³/mol. The standard InChI is InChI=1S/C19H26N4O6S/c20-13(10-30)18(27)23-7-1-2-15(23)17(26)21-9-16(25)22-14(19(28)29)8-11-3-5-12(24)6-4-11/h3-6,13-15,24,30H,1-2,7-10,20H2,(H,21,26)(H,22,25)(H,28,29). The van der Waals surface area contributed by atoms with E-state index in [1.807, 2.05) is 0 Å². The molecule has 164 valence electrons. The first-order valence-electron chi connectivity index (χ1n) is 9.47. The number of carbonyl (C=O) groups excluding carboxylic acids is 3. The summed E-state index contributed by atoms with van der Waals surface area (Å²) in [6.45, 7) is -0.0202. The minimum absolute atomic E-state index is 0.0157. The van der Waals surface area contributed by atoms with Gasteiger partial charge in [-0.05, 0) is 30.5 Å². The van der Waals surface area contributed by atoms with Gasteiger partial charge in [-0.15, -0.1) is 0 Å². The molecule has 1 aliphatic rings. The molecule has 0 spiro atoms. The number of nitrogens with one attached hydrogen (secondary N) is 2. The van der Waals surface area contributed by atoms with E-state index in [0.717, 1.165) is 0 Å². The normalized spacial score (nSPS) is 17.8. The number of aromatic hydroxyl groups is 1. The lowest BCUT2D eigenvalue weighted by Crippen LogP contribution is -2.53. The summed E-state index contributed by atoms with van der Waals surface area (Å²) >= 11 is 4.00. The fraction of sp³-hybridized carbons (Fsp3) is 0.474. The quantitative estimate of drug-likeness (QED) is 0.266. The smallest absolute Gasteiger partial charge is 0.326 e. The SMILES string of the molecule is NC(CS)C(=O)N1CCCC1C(=O)NCC(=O)NC(Cc1ccc(O)cc1)C(=O)O. The number of carboxylic acids is 1. The second-order valence-corrected chi connectivity index (χ2v) is 7.39. The summed E-state index contributed by atoms with van der Waals surface area (Å²) in [4.78, 5) is 49.7. The molecule has 10 nitrogen and oxygen atoms in total. The van der Waals surface area contributed by atoms with Crippen molar-refractivity contribution in [1.82, 2.24) is 15.5 Å². The van der Waals surface area contributed by atoms with Crippen molar-refractivity contribution in [2.45, 2.75) is 37.4 Å². The fourth-order valence-corrected chi connectivity index (χ4v) is 3.35. The van der Waals surface area contributed by atoms with Gasteiger partial charge in [0.15, 0.2) is 0 Å². The molecule has 30 heavy (non-hydrogen) atoms. The second-order valence-electron chi connectivity index (χ2n) is 7.03.